The number of rotatable bonds is 5. The van der Waals surface area contributed by atoms with Gasteiger partial charge in [0.2, 0.25) is 0 Å². The number of ether oxygens (including phenoxy) is 2. The Hall–Kier alpha value is -2.11. The van der Waals surface area contributed by atoms with Crippen molar-refractivity contribution in [1.82, 2.24) is 5.32 Å². The smallest absolute Gasteiger partial charge is 0.319 e. The van der Waals surface area contributed by atoms with Crippen molar-refractivity contribution in [2.45, 2.75) is 18.4 Å². The van der Waals surface area contributed by atoms with E-state index < -0.39 is 5.54 Å². The first-order valence-corrected chi connectivity index (χ1v) is 8.49. The molecule has 0 atom stereocenters. The topological polar surface area (TPSA) is 59.6 Å². The highest BCUT2D eigenvalue weighted by molar-refractivity contribution is 6.35. The van der Waals surface area contributed by atoms with Crippen LogP contribution in [0.3, 0.4) is 0 Å². The number of carbonyl (C=O) groups is 1. The summed E-state index contributed by atoms with van der Waals surface area (Å²) < 4.78 is 10.6. The number of urea groups is 1. The molecule has 2 amide bonds. The summed E-state index contributed by atoms with van der Waals surface area (Å²) >= 11 is 11.9. The summed E-state index contributed by atoms with van der Waals surface area (Å²) in [5, 5.41) is 6.72. The maximum Gasteiger partial charge on any atom is 0.319 e. The molecule has 1 fully saturated rings. The quantitative estimate of drug-likeness (QED) is 0.781. The van der Waals surface area contributed by atoms with Gasteiger partial charge >= 0.3 is 6.03 Å². The molecule has 0 aromatic heterocycles. The summed E-state index contributed by atoms with van der Waals surface area (Å²) in [4.78, 5) is 12.4. The largest absolute Gasteiger partial charge is 0.493 e. The molecule has 2 N–H and O–H groups in total. The Balaban J connectivity index is 1.74. The minimum absolute atomic E-state index is 0.314. The molecular formula is C18H18Cl2N2O3. The van der Waals surface area contributed by atoms with E-state index in [1.54, 1.807) is 32.4 Å². The fourth-order valence-corrected chi connectivity index (χ4v) is 3.28. The minimum Gasteiger partial charge on any atom is -0.493 e. The van der Waals surface area contributed by atoms with Crippen LogP contribution < -0.4 is 20.1 Å². The van der Waals surface area contributed by atoms with Crippen LogP contribution in [0.25, 0.3) is 0 Å². The van der Waals surface area contributed by atoms with E-state index in [0.29, 0.717) is 27.2 Å². The summed E-state index contributed by atoms with van der Waals surface area (Å²) in [6, 6.07) is 10.2. The summed E-state index contributed by atoms with van der Waals surface area (Å²) in [6.07, 6.45) is 1.71. The van der Waals surface area contributed by atoms with Gasteiger partial charge in [-0.15, -0.1) is 0 Å². The van der Waals surface area contributed by atoms with E-state index in [9.17, 15) is 4.79 Å². The third kappa shape index (κ3) is 3.94. The summed E-state index contributed by atoms with van der Waals surface area (Å²) in [6.45, 7) is 0. The molecule has 25 heavy (non-hydrogen) atoms. The molecule has 0 radical (unpaired) electrons. The van der Waals surface area contributed by atoms with Crippen molar-refractivity contribution in [2.24, 2.45) is 0 Å². The molecular weight excluding hydrogens is 363 g/mol. The van der Waals surface area contributed by atoms with Crippen molar-refractivity contribution in [1.29, 1.82) is 0 Å². The Morgan fingerprint density at radius 3 is 2.20 bits per heavy atom. The van der Waals surface area contributed by atoms with E-state index in [-0.39, 0.29) is 6.03 Å². The number of hydrogen-bond donors (Lipinski definition) is 2. The summed E-state index contributed by atoms with van der Waals surface area (Å²) in [7, 11) is 3.18. The standard InChI is InChI=1S/C18H18Cl2N2O3/c1-24-15-4-3-11(7-16(15)25-2)18(5-6-18)22-17(23)21-14-9-12(19)8-13(20)10-14/h3-4,7-10H,5-6H2,1-2H3,(H2,21,22,23). The maximum absolute atomic E-state index is 12.4. The van der Waals surface area contributed by atoms with Crippen LogP contribution in [0.1, 0.15) is 18.4 Å². The summed E-state index contributed by atoms with van der Waals surface area (Å²) in [5.41, 5.74) is 1.12. The van der Waals surface area contributed by atoms with Gasteiger partial charge in [-0.2, -0.15) is 0 Å². The lowest BCUT2D eigenvalue weighted by Crippen LogP contribution is -2.38. The van der Waals surface area contributed by atoms with Crippen molar-refractivity contribution in [3.8, 4) is 11.5 Å². The Bertz CT molecular complexity index is 787. The average molecular weight is 381 g/mol. The van der Waals surface area contributed by atoms with Crippen LogP contribution in [0.5, 0.6) is 11.5 Å². The second kappa shape index (κ2) is 7.02. The van der Waals surface area contributed by atoms with Crippen LogP contribution in [-0.2, 0) is 5.54 Å². The van der Waals surface area contributed by atoms with Crippen molar-refractivity contribution >= 4 is 34.9 Å². The van der Waals surface area contributed by atoms with E-state index in [0.717, 1.165) is 18.4 Å². The zero-order chi connectivity index (χ0) is 18.0. The Kier molecular flexibility index (Phi) is 4.97. The number of hydrogen-bond acceptors (Lipinski definition) is 3. The highest BCUT2D eigenvalue weighted by atomic mass is 35.5. The van der Waals surface area contributed by atoms with E-state index in [2.05, 4.69) is 10.6 Å². The molecule has 3 rings (SSSR count). The van der Waals surface area contributed by atoms with Crippen LogP contribution in [0.4, 0.5) is 10.5 Å². The van der Waals surface area contributed by atoms with Gasteiger partial charge in [-0.05, 0) is 48.7 Å². The SMILES string of the molecule is COc1ccc(C2(NC(=O)Nc3cc(Cl)cc(Cl)c3)CC2)cc1OC. The second-order valence-corrected chi connectivity index (χ2v) is 6.76. The molecule has 0 heterocycles. The molecule has 1 saturated carbocycles. The van der Waals surface area contributed by atoms with Gasteiger partial charge in [0.15, 0.2) is 11.5 Å². The number of anilines is 1. The third-order valence-corrected chi connectivity index (χ3v) is 4.60. The van der Waals surface area contributed by atoms with E-state index in [4.69, 9.17) is 32.7 Å². The molecule has 7 heteroatoms. The van der Waals surface area contributed by atoms with Crippen LogP contribution in [-0.4, -0.2) is 20.3 Å². The van der Waals surface area contributed by atoms with E-state index in [1.807, 2.05) is 18.2 Å². The van der Waals surface area contributed by atoms with Gasteiger partial charge in [-0.25, -0.2) is 4.79 Å². The monoisotopic (exact) mass is 380 g/mol. The molecule has 0 bridgehead atoms. The Labute approximate surface area is 156 Å². The molecule has 132 valence electrons. The van der Waals surface area contributed by atoms with Gasteiger partial charge in [-0.1, -0.05) is 29.3 Å². The van der Waals surface area contributed by atoms with Crippen molar-refractivity contribution in [2.75, 3.05) is 19.5 Å². The van der Waals surface area contributed by atoms with Crippen molar-refractivity contribution < 1.29 is 14.3 Å². The van der Waals surface area contributed by atoms with Crippen LogP contribution >= 0.6 is 23.2 Å². The number of methoxy groups -OCH3 is 2. The molecule has 0 saturated heterocycles. The van der Waals surface area contributed by atoms with Gasteiger partial charge < -0.3 is 20.1 Å². The van der Waals surface area contributed by atoms with Crippen LogP contribution in [0.2, 0.25) is 10.0 Å². The molecule has 2 aromatic carbocycles. The first kappa shape index (κ1) is 17.7. The van der Waals surface area contributed by atoms with Crippen molar-refractivity contribution in [3.63, 3.8) is 0 Å². The van der Waals surface area contributed by atoms with Gasteiger partial charge in [0.1, 0.15) is 0 Å². The van der Waals surface area contributed by atoms with Crippen LogP contribution in [0.15, 0.2) is 36.4 Å². The molecule has 2 aromatic rings. The first-order valence-electron chi connectivity index (χ1n) is 7.73. The maximum atomic E-state index is 12.4. The Morgan fingerprint density at radius 2 is 1.64 bits per heavy atom. The van der Waals surface area contributed by atoms with Gasteiger partial charge in [-0.3, -0.25) is 0 Å². The first-order chi connectivity index (χ1) is 12.0. The second-order valence-electron chi connectivity index (χ2n) is 5.89. The number of benzene rings is 2. The molecule has 1 aliphatic rings. The number of carbonyl (C=O) groups excluding carboxylic acids is 1. The van der Waals surface area contributed by atoms with E-state index in [1.165, 1.54) is 0 Å². The van der Waals surface area contributed by atoms with Gasteiger partial charge in [0, 0.05) is 15.7 Å². The molecule has 0 aliphatic heterocycles. The molecule has 0 unspecified atom stereocenters. The lowest BCUT2D eigenvalue weighted by Gasteiger charge is -2.20. The number of nitrogens with one attached hydrogen (secondary N) is 2. The third-order valence-electron chi connectivity index (χ3n) is 4.16. The predicted molar refractivity (Wildman–Crippen MR) is 99.1 cm³/mol. The Morgan fingerprint density at radius 1 is 1.00 bits per heavy atom. The molecule has 0 spiro atoms. The predicted octanol–water partition coefficient (Wildman–Crippen LogP) is 4.82. The highest BCUT2D eigenvalue weighted by Gasteiger charge is 2.46. The lowest BCUT2D eigenvalue weighted by molar-refractivity contribution is 0.247. The van der Waals surface area contributed by atoms with Gasteiger partial charge in [0.05, 0.1) is 19.8 Å². The number of amides is 2. The molecule has 1 aliphatic carbocycles. The average Bonchev–Trinajstić information content (AvgIpc) is 3.33. The minimum atomic E-state index is -0.397. The van der Waals surface area contributed by atoms with Crippen LogP contribution in [0, 0.1) is 0 Å². The zero-order valence-corrected chi connectivity index (χ0v) is 15.4. The fraction of sp³-hybridized carbons (Fsp3) is 0.278. The van der Waals surface area contributed by atoms with Crippen molar-refractivity contribution in [3.05, 3.63) is 52.0 Å². The normalized spacial score (nSPS) is 14.6. The molecule has 5 nitrogen and oxygen atoms in total. The zero-order valence-electron chi connectivity index (χ0n) is 13.9. The lowest BCUT2D eigenvalue weighted by atomic mass is 10.0. The van der Waals surface area contributed by atoms with Gasteiger partial charge in [0.25, 0.3) is 0 Å². The highest BCUT2D eigenvalue weighted by Crippen LogP contribution is 2.47. The van der Waals surface area contributed by atoms with E-state index >= 15 is 0 Å². The fourth-order valence-electron chi connectivity index (χ4n) is 2.75. The summed E-state index contributed by atoms with van der Waals surface area (Å²) in [5.74, 6) is 1.29. The number of halogens is 2.